The third-order valence-corrected chi connectivity index (χ3v) is 5.35. The third-order valence-electron chi connectivity index (χ3n) is 5.35. The maximum atomic E-state index is 10.5. The quantitative estimate of drug-likeness (QED) is 0.600. The smallest absolute Gasteiger partial charge is 0.169 e. The second-order valence-corrected chi connectivity index (χ2v) is 8.06. The first-order chi connectivity index (χ1) is 10.7. The van der Waals surface area contributed by atoms with E-state index >= 15 is 0 Å². The van der Waals surface area contributed by atoms with Crippen molar-refractivity contribution in [3.05, 3.63) is 12.3 Å². The summed E-state index contributed by atoms with van der Waals surface area (Å²) in [7, 11) is 0. The molecule has 1 aliphatic carbocycles. The van der Waals surface area contributed by atoms with Gasteiger partial charge in [0, 0.05) is 12.8 Å². The molecule has 0 amide bonds. The molecule has 0 aromatic carbocycles. The van der Waals surface area contributed by atoms with Gasteiger partial charge in [-0.2, -0.15) is 0 Å². The van der Waals surface area contributed by atoms with Gasteiger partial charge in [-0.15, -0.1) is 0 Å². The van der Waals surface area contributed by atoms with Crippen molar-refractivity contribution in [2.75, 3.05) is 19.7 Å². The minimum atomic E-state index is -0.788. The van der Waals surface area contributed by atoms with Gasteiger partial charge in [0.15, 0.2) is 5.79 Å². The van der Waals surface area contributed by atoms with Crippen molar-refractivity contribution >= 4 is 0 Å². The summed E-state index contributed by atoms with van der Waals surface area (Å²) in [5.41, 5.74) is 0.319. The van der Waals surface area contributed by atoms with E-state index in [-0.39, 0.29) is 18.4 Å². The predicted molar refractivity (Wildman–Crippen MR) is 90.0 cm³/mol. The number of aliphatic hydroxyl groups is 2. The Hall–Kier alpha value is -0.620. The highest BCUT2D eigenvalue weighted by Crippen LogP contribution is 2.46. The molecule has 2 unspecified atom stereocenters. The Morgan fingerprint density at radius 3 is 2.43 bits per heavy atom. The Labute approximate surface area is 140 Å². The first-order valence-electron chi connectivity index (χ1n) is 8.77. The van der Waals surface area contributed by atoms with E-state index < -0.39 is 12.0 Å². The molecule has 1 aliphatic heterocycles. The summed E-state index contributed by atoms with van der Waals surface area (Å²) in [6.45, 7) is 13.6. The third kappa shape index (κ3) is 4.47. The lowest BCUT2D eigenvalue weighted by Gasteiger charge is -2.41. The molecule has 0 radical (unpaired) electrons. The number of likely N-dealkylation sites (N-methyl/N-ethyl adjacent to an activating group) is 1. The van der Waals surface area contributed by atoms with Gasteiger partial charge in [0.05, 0.1) is 18.9 Å². The van der Waals surface area contributed by atoms with Crippen LogP contribution in [0.3, 0.4) is 0 Å². The summed E-state index contributed by atoms with van der Waals surface area (Å²) in [6.07, 6.45) is 2.80. The average molecular weight is 327 g/mol. The Morgan fingerprint density at radius 1 is 1.35 bits per heavy atom. The minimum absolute atomic E-state index is 0.0465. The first-order valence-corrected chi connectivity index (χ1v) is 8.77. The Morgan fingerprint density at radius 2 is 1.96 bits per heavy atom. The van der Waals surface area contributed by atoms with Gasteiger partial charge < -0.3 is 19.7 Å². The van der Waals surface area contributed by atoms with Crippen LogP contribution in [0, 0.1) is 11.3 Å². The molecule has 2 fully saturated rings. The molecule has 2 N–H and O–H groups in total. The zero-order chi connectivity index (χ0) is 17.3. The molecule has 1 saturated carbocycles. The van der Waals surface area contributed by atoms with Crippen LogP contribution in [0.2, 0.25) is 0 Å². The van der Waals surface area contributed by atoms with Crippen LogP contribution in [0.15, 0.2) is 12.3 Å². The van der Waals surface area contributed by atoms with E-state index in [1.165, 1.54) is 0 Å². The molecule has 1 saturated heterocycles. The number of aliphatic hydroxyl groups excluding tert-OH is 2. The second-order valence-electron chi connectivity index (χ2n) is 8.06. The van der Waals surface area contributed by atoms with Crippen LogP contribution in [-0.2, 0) is 9.47 Å². The van der Waals surface area contributed by atoms with E-state index in [1.807, 2.05) is 6.92 Å². The molecule has 1 spiro atoms. The summed E-state index contributed by atoms with van der Waals surface area (Å²) in [5, 5.41) is 19.9. The number of nitrogens with zero attached hydrogens (tertiary/aromatic N) is 1. The van der Waals surface area contributed by atoms with Gasteiger partial charge in [0.25, 0.3) is 0 Å². The van der Waals surface area contributed by atoms with Gasteiger partial charge in [-0.25, -0.2) is 0 Å². The molecule has 1 heterocycles. The predicted octanol–water partition coefficient (Wildman–Crippen LogP) is 3.05. The van der Waals surface area contributed by atoms with Crippen LogP contribution in [0.5, 0.6) is 0 Å². The molecule has 5 heteroatoms. The molecule has 0 bridgehead atoms. The van der Waals surface area contributed by atoms with Crippen molar-refractivity contribution < 1.29 is 19.7 Å². The fourth-order valence-electron chi connectivity index (χ4n) is 3.77. The van der Waals surface area contributed by atoms with Crippen molar-refractivity contribution in [1.82, 2.24) is 4.90 Å². The second kappa shape index (κ2) is 7.09. The Balaban J connectivity index is 1.92. The molecular weight excluding hydrogens is 294 g/mol. The van der Waals surface area contributed by atoms with Crippen LogP contribution >= 0.6 is 0 Å². The van der Waals surface area contributed by atoms with Gasteiger partial charge in [0.1, 0.15) is 12.3 Å². The largest absolute Gasteiger partial charge is 0.512 e. The summed E-state index contributed by atoms with van der Waals surface area (Å²) in [5.74, 6) is 0.211. The molecule has 134 valence electrons. The molecule has 23 heavy (non-hydrogen) atoms. The van der Waals surface area contributed by atoms with Crippen molar-refractivity contribution in [1.29, 1.82) is 0 Å². The standard InChI is InChI=1S/C18H33NO4/c1-6-19(11-13(2)20)16(21)15-12-22-18(23-15)9-7-14(8-10-18)17(3,4)5/h14-16,20-21H,2,6-12H2,1,3-5H3. The van der Waals surface area contributed by atoms with Crippen molar-refractivity contribution in [3.8, 4) is 0 Å². The monoisotopic (exact) mass is 327 g/mol. The number of ether oxygens (including phenoxy) is 2. The lowest BCUT2D eigenvalue weighted by atomic mass is 9.71. The maximum Gasteiger partial charge on any atom is 0.169 e. The van der Waals surface area contributed by atoms with Gasteiger partial charge in [-0.1, -0.05) is 34.3 Å². The highest BCUT2D eigenvalue weighted by Gasteiger charge is 2.48. The van der Waals surface area contributed by atoms with E-state index in [2.05, 4.69) is 27.4 Å². The summed E-state index contributed by atoms with van der Waals surface area (Å²) in [4.78, 5) is 1.75. The normalized spacial score (nSPS) is 33.3. The van der Waals surface area contributed by atoms with E-state index in [9.17, 15) is 10.2 Å². The summed E-state index contributed by atoms with van der Waals surface area (Å²) >= 11 is 0. The van der Waals surface area contributed by atoms with Crippen LogP contribution in [0.1, 0.15) is 53.4 Å². The Bertz CT molecular complexity index is 410. The molecular formula is C18H33NO4. The zero-order valence-electron chi connectivity index (χ0n) is 15.0. The van der Waals surface area contributed by atoms with Crippen LogP contribution < -0.4 is 0 Å². The highest BCUT2D eigenvalue weighted by molar-refractivity contribution is 4.91. The number of hydrogen-bond donors (Lipinski definition) is 2. The van der Waals surface area contributed by atoms with Crippen LogP contribution in [-0.4, -0.2) is 52.9 Å². The van der Waals surface area contributed by atoms with Crippen LogP contribution in [0.4, 0.5) is 0 Å². The average Bonchev–Trinajstić information content (AvgIpc) is 2.87. The highest BCUT2D eigenvalue weighted by atomic mass is 16.7. The fraction of sp³-hybridized carbons (Fsp3) is 0.889. The topological polar surface area (TPSA) is 62.2 Å². The molecule has 0 aromatic rings. The van der Waals surface area contributed by atoms with Gasteiger partial charge >= 0.3 is 0 Å². The summed E-state index contributed by atoms with van der Waals surface area (Å²) in [6, 6.07) is 0. The lowest BCUT2D eigenvalue weighted by molar-refractivity contribution is -0.213. The van der Waals surface area contributed by atoms with E-state index in [4.69, 9.17) is 9.47 Å². The van der Waals surface area contributed by atoms with Gasteiger partial charge in [-0.3, -0.25) is 4.90 Å². The Kier molecular flexibility index (Phi) is 5.77. The number of rotatable bonds is 5. The van der Waals surface area contributed by atoms with Crippen molar-refractivity contribution in [2.24, 2.45) is 11.3 Å². The first kappa shape index (κ1) is 18.7. The van der Waals surface area contributed by atoms with E-state index in [0.29, 0.717) is 24.5 Å². The molecule has 5 nitrogen and oxygen atoms in total. The van der Waals surface area contributed by atoms with E-state index in [0.717, 1.165) is 25.7 Å². The molecule has 0 aromatic heterocycles. The van der Waals surface area contributed by atoms with Crippen molar-refractivity contribution in [3.63, 3.8) is 0 Å². The molecule has 2 rings (SSSR count). The van der Waals surface area contributed by atoms with Crippen molar-refractivity contribution in [2.45, 2.75) is 71.5 Å². The number of hydrogen-bond acceptors (Lipinski definition) is 5. The van der Waals surface area contributed by atoms with E-state index in [1.54, 1.807) is 4.90 Å². The lowest BCUT2D eigenvalue weighted by Crippen LogP contribution is -2.47. The van der Waals surface area contributed by atoms with Gasteiger partial charge in [-0.05, 0) is 30.7 Å². The zero-order valence-corrected chi connectivity index (χ0v) is 15.0. The minimum Gasteiger partial charge on any atom is -0.512 e. The summed E-state index contributed by atoms with van der Waals surface area (Å²) < 4.78 is 12.1. The SMILES string of the molecule is C=C(O)CN(CC)C(O)C1COC2(CCC(C(C)(C)C)CC2)O1. The maximum absolute atomic E-state index is 10.5. The fourth-order valence-corrected chi connectivity index (χ4v) is 3.77. The molecule has 2 aliphatic rings. The molecule has 2 atom stereocenters. The van der Waals surface area contributed by atoms with Gasteiger partial charge in [0.2, 0.25) is 0 Å². The van der Waals surface area contributed by atoms with Crippen LogP contribution in [0.25, 0.3) is 0 Å².